The van der Waals surface area contributed by atoms with Crippen molar-refractivity contribution in [3.63, 3.8) is 0 Å². The molecule has 0 atom stereocenters. The summed E-state index contributed by atoms with van der Waals surface area (Å²) in [4.78, 5) is 2.62. The molecule has 102 valence electrons. The molecule has 0 spiro atoms. The predicted molar refractivity (Wildman–Crippen MR) is 76.4 cm³/mol. The molecular formula is C15H32N2. The van der Waals surface area contributed by atoms with E-state index in [4.69, 9.17) is 0 Å². The summed E-state index contributed by atoms with van der Waals surface area (Å²) in [5.41, 5.74) is 0.841. The van der Waals surface area contributed by atoms with Gasteiger partial charge < -0.3 is 10.2 Å². The van der Waals surface area contributed by atoms with Crippen molar-refractivity contribution in [3.8, 4) is 0 Å². The van der Waals surface area contributed by atoms with Gasteiger partial charge in [-0.3, -0.25) is 0 Å². The number of hydrogen-bond acceptors (Lipinski definition) is 2. The van der Waals surface area contributed by atoms with E-state index in [1.54, 1.807) is 0 Å². The van der Waals surface area contributed by atoms with Crippen molar-refractivity contribution in [2.24, 2.45) is 10.8 Å². The van der Waals surface area contributed by atoms with Gasteiger partial charge in [0.2, 0.25) is 0 Å². The van der Waals surface area contributed by atoms with Crippen LogP contribution in [0.25, 0.3) is 0 Å². The van der Waals surface area contributed by atoms with Gasteiger partial charge >= 0.3 is 0 Å². The lowest BCUT2D eigenvalue weighted by Gasteiger charge is -2.37. The smallest absolute Gasteiger partial charge is 0.00916 e. The zero-order valence-corrected chi connectivity index (χ0v) is 12.8. The SMILES string of the molecule is CC(C)(C)CNC1CCN(CC(C)(C)C)CC1. The summed E-state index contributed by atoms with van der Waals surface area (Å²) < 4.78 is 0. The number of hydrogen-bond donors (Lipinski definition) is 1. The van der Waals surface area contributed by atoms with E-state index < -0.39 is 0 Å². The molecule has 0 amide bonds. The topological polar surface area (TPSA) is 15.3 Å². The lowest BCUT2D eigenvalue weighted by atomic mass is 9.93. The molecule has 0 bridgehead atoms. The molecule has 1 aliphatic rings. The fourth-order valence-electron chi connectivity index (χ4n) is 2.42. The summed E-state index contributed by atoms with van der Waals surface area (Å²) >= 11 is 0. The highest BCUT2D eigenvalue weighted by atomic mass is 15.1. The maximum Gasteiger partial charge on any atom is 0.00916 e. The van der Waals surface area contributed by atoms with Gasteiger partial charge in [0.15, 0.2) is 0 Å². The second-order valence-corrected chi connectivity index (χ2v) is 8.05. The third-order valence-corrected chi connectivity index (χ3v) is 3.21. The molecule has 1 aliphatic heterocycles. The first-order chi connectivity index (χ1) is 7.66. The monoisotopic (exact) mass is 240 g/mol. The highest BCUT2D eigenvalue weighted by Gasteiger charge is 2.23. The fourth-order valence-corrected chi connectivity index (χ4v) is 2.42. The molecule has 1 saturated heterocycles. The lowest BCUT2D eigenvalue weighted by Crippen LogP contribution is -2.46. The number of rotatable bonds is 3. The average Bonchev–Trinajstić information content (AvgIpc) is 2.13. The zero-order valence-electron chi connectivity index (χ0n) is 12.8. The molecule has 0 radical (unpaired) electrons. The summed E-state index contributed by atoms with van der Waals surface area (Å²) in [6.07, 6.45) is 2.62. The van der Waals surface area contributed by atoms with Crippen LogP contribution in [0.4, 0.5) is 0 Å². The second kappa shape index (κ2) is 5.71. The Balaban J connectivity index is 2.22. The van der Waals surface area contributed by atoms with Crippen LogP contribution >= 0.6 is 0 Å². The molecule has 1 N–H and O–H groups in total. The van der Waals surface area contributed by atoms with Crippen molar-refractivity contribution in [1.29, 1.82) is 0 Å². The van der Waals surface area contributed by atoms with Crippen molar-refractivity contribution in [2.75, 3.05) is 26.2 Å². The quantitative estimate of drug-likeness (QED) is 0.815. The predicted octanol–water partition coefficient (Wildman–Crippen LogP) is 3.13. The molecule has 0 aromatic carbocycles. The number of nitrogens with zero attached hydrogens (tertiary/aromatic N) is 1. The molecule has 1 fully saturated rings. The average molecular weight is 240 g/mol. The van der Waals surface area contributed by atoms with Gasteiger partial charge in [0.1, 0.15) is 0 Å². The zero-order chi connectivity index (χ0) is 13.1. The molecule has 0 aromatic heterocycles. The van der Waals surface area contributed by atoms with Gasteiger partial charge in [-0.25, -0.2) is 0 Å². The molecule has 1 rings (SSSR count). The van der Waals surface area contributed by atoms with Crippen molar-refractivity contribution in [3.05, 3.63) is 0 Å². The molecule has 17 heavy (non-hydrogen) atoms. The highest BCUT2D eigenvalue weighted by molar-refractivity contribution is 4.81. The van der Waals surface area contributed by atoms with E-state index in [1.165, 1.54) is 32.5 Å². The Kier molecular flexibility index (Phi) is 5.03. The largest absolute Gasteiger partial charge is 0.313 e. The van der Waals surface area contributed by atoms with E-state index in [-0.39, 0.29) is 0 Å². The third kappa shape index (κ3) is 7.05. The molecular weight excluding hydrogens is 208 g/mol. The van der Waals surface area contributed by atoms with Crippen LogP contribution in [0.1, 0.15) is 54.4 Å². The summed E-state index contributed by atoms with van der Waals surface area (Å²) in [5.74, 6) is 0. The maximum absolute atomic E-state index is 3.72. The Morgan fingerprint density at radius 3 is 1.88 bits per heavy atom. The van der Waals surface area contributed by atoms with Gasteiger partial charge in [-0.1, -0.05) is 41.5 Å². The number of likely N-dealkylation sites (tertiary alicyclic amines) is 1. The minimum atomic E-state index is 0.405. The summed E-state index contributed by atoms with van der Waals surface area (Å²) in [5, 5.41) is 3.72. The molecule has 0 saturated carbocycles. The Hall–Kier alpha value is -0.0800. The molecule has 2 nitrogen and oxygen atoms in total. The standard InChI is InChI=1S/C15H32N2/c1-14(2,3)11-16-13-7-9-17(10-8-13)12-15(4,5)6/h13,16H,7-12H2,1-6H3. The van der Waals surface area contributed by atoms with Crippen molar-refractivity contribution < 1.29 is 0 Å². The molecule has 0 aliphatic carbocycles. The van der Waals surface area contributed by atoms with Gasteiger partial charge in [0.05, 0.1) is 0 Å². The van der Waals surface area contributed by atoms with E-state index in [0.717, 1.165) is 12.6 Å². The third-order valence-electron chi connectivity index (χ3n) is 3.21. The van der Waals surface area contributed by atoms with Crippen LogP contribution in [-0.2, 0) is 0 Å². The summed E-state index contributed by atoms with van der Waals surface area (Å²) in [7, 11) is 0. The highest BCUT2D eigenvalue weighted by Crippen LogP contribution is 2.20. The molecule has 0 unspecified atom stereocenters. The van der Waals surface area contributed by atoms with E-state index in [2.05, 4.69) is 51.8 Å². The maximum atomic E-state index is 3.72. The van der Waals surface area contributed by atoms with Crippen molar-refractivity contribution in [1.82, 2.24) is 10.2 Å². The van der Waals surface area contributed by atoms with Crippen LogP contribution in [0.2, 0.25) is 0 Å². The van der Waals surface area contributed by atoms with Crippen LogP contribution < -0.4 is 5.32 Å². The van der Waals surface area contributed by atoms with Gasteiger partial charge in [0, 0.05) is 19.1 Å². The van der Waals surface area contributed by atoms with Crippen LogP contribution in [0.3, 0.4) is 0 Å². The lowest BCUT2D eigenvalue weighted by molar-refractivity contribution is 0.143. The van der Waals surface area contributed by atoms with Crippen LogP contribution in [0, 0.1) is 10.8 Å². The van der Waals surface area contributed by atoms with Gasteiger partial charge in [-0.15, -0.1) is 0 Å². The van der Waals surface area contributed by atoms with Crippen LogP contribution in [0.15, 0.2) is 0 Å². The first kappa shape index (κ1) is 15.0. The van der Waals surface area contributed by atoms with Crippen LogP contribution in [0.5, 0.6) is 0 Å². The van der Waals surface area contributed by atoms with Crippen molar-refractivity contribution >= 4 is 0 Å². The van der Waals surface area contributed by atoms with Gasteiger partial charge in [0.25, 0.3) is 0 Å². The molecule has 2 heteroatoms. The Labute approximate surface area is 108 Å². The Bertz CT molecular complexity index is 214. The van der Waals surface area contributed by atoms with E-state index in [1.807, 2.05) is 0 Å². The Morgan fingerprint density at radius 1 is 0.941 bits per heavy atom. The summed E-state index contributed by atoms with van der Waals surface area (Å²) in [6, 6.07) is 0.741. The number of piperidine rings is 1. The fraction of sp³-hybridized carbons (Fsp3) is 1.00. The van der Waals surface area contributed by atoms with Crippen LogP contribution in [-0.4, -0.2) is 37.1 Å². The van der Waals surface area contributed by atoms with E-state index in [9.17, 15) is 0 Å². The first-order valence-corrected chi connectivity index (χ1v) is 7.11. The molecule has 1 heterocycles. The van der Waals surface area contributed by atoms with Gasteiger partial charge in [-0.05, 0) is 36.8 Å². The second-order valence-electron chi connectivity index (χ2n) is 8.05. The molecule has 0 aromatic rings. The van der Waals surface area contributed by atoms with Gasteiger partial charge in [-0.2, -0.15) is 0 Å². The summed E-state index contributed by atoms with van der Waals surface area (Å²) in [6.45, 7) is 18.8. The van der Waals surface area contributed by atoms with Crippen molar-refractivity contribution in [2.45, 2.75) is 60.4 Å². The minimum Gasteiger partial charge on any atom is -0.313 e. The number of nitrogens with one attached hydrogen (secondary N) is 1. The Morgan fingerprint density at radius 2 is 1.47 bits per heavy atom. The van der Waals surface area contributed by atoms with E-state index in [0.29, 0.717) is 10.8 Å². The first-order valence-electron chi connectivity index (χ1n) is 7.11. The normalized spacial score (nSPS) is 20.8. The minimum absolute atomic E-state index is 0.405. The van der Waals surface area contributed by atoms with E-state index >= 15 is 0 Å².